The molecule has 8 nitrogen and oxygen atoms in total. The van der Waals surface area contributed by atoms with Crippen LogP contribution in [0.25, 0.3) is 0 Å². The molecule has 1 saturated heterocycles. The summed E-state index contributed by atoms with van der Waals surface area (Å²) < 4.78 is 39.0. The number of alkyl halides is 3. The summed E-state index contributed by atoms with van der Waals surface area (Å²) in [5.41, 5.74) is -1.25. The molecule has 2 amide bonds. The van der Waals surface area contributed by atoms with Gasteiger partial charge in [0.2, 0.25) is 0 Å². The number of nitrogens with zero attached hydrogens (tertiary/aromatic N) is 4. The molecule has 0 atom stereocenters. The number of halogens is 3. The third kappa shape index (κ3) is 5.48. The number of aromatic nitrogens is 2. The van der Waals surface area contributed by atoms with E-state index in [-0.39, 0.29) is 18.2 Å². The van der Waals surface area contributed by atoms with Crippen molar-refractivity contribution in [1.29, 1.82) is 5.26 Å². The van der Waals surface area contributed by atoms with Crippen molar-refractivity contribution >= 4 is 23.3 Å². The molecule has 1 aromatic carbocycles. The molecule has 2 heterocycles. The van der Waals surface area contributed by atoms with Crippen molar-refractivity contribution in [2.45, 2.75) is 19.0 Å². The molecule has 1 fully saturated rings. The van der Waals surface area contributed by atoms with E-state index in [2.05, 4.69) is 15.3 Å². The molecular formula is C20H19F3N6O2. The Hall–Kier alpha value is -3.68. The predicted molar refractivity (Wildman–Crippen MR) is 105 cm³/mol. The molecule has 1 aliphatic heterocycles. The number of piperidine rings is 1. The van der Waals surface area contributed by atoms with E-state index in [1.54, 1.807) is 0 Å². The van der Waals surface area contributed by atoms with Crippen molar-refractivity contribution < 1.29 is 22.8 Å². The Bertz CT molecular complexity index is 997. The Morgan fingerprint density at radius 3 is 2.48 bits per heavy atom. The van der Waals surface area contributed by atoms with Crippen LogP contribution in [0.5, 0.6) is 0 Å². The van der Waals surface area contributed by atoms with Gasteiger partial charge >= 0.3 is 18.0 Å². The number of nitriles is 1. The van der Waals surface area contributed by atoms with E-state index in [4.69, 9.17) is 5.26 Å². The predicted octanol–water partition coefficient (Wildman–Crippen LogP) is 2.34. The van der Waals surface area contributed by atoms with E-state index in [9.17, 15) is 22.8 Å². The number of amides is 2. The van der Waals surface area contributed by atoms with Crippen LogP contribution in [0.4, 0.5) is 24.7 Å². The fraction of sp³-hybridized carbons (Fsp3) is 0.350. The molecular weight excluding hydrogens is 413 g/mol. The van der Waals surface area contributed by atoms with Gasteiger partial charge in [-0.25, -0.2) is 9.97 Å². The Kier molecular flexibility index (Phi) is 6.69. The molecule has 0 spiro atoms. The summed E-state index contributed by atoms with van der Waals surface area (Å²) in [6.45, 7) is 1.41. The highest BCUT2D eigenvalue weighted by molar-refractivity contribution is 6.39. The Labute approximate surface area is 176 Å². The third-order valence-electron chi connectivity index (χ3n) is 4.94. The zero-order chi connectivity index (χ0) is 22.4. The van der Waals surface area contributed by atoms with Gasteiger partial charge in [-0.1, -0.05) is 12.1 Å². The second-order valence-electron chi connectivity index (χ2n) is 6.98. The van der Waals surface area contributed by atoms with Gasteiger partial charge in [0.15, 0.2) is 11.5 Å². The maximum atomic E-state index is 13.0. The Morgan fingerprint density at radius 1 is 1.13 bits per heavy atom. The molecule has 1 aliphatic rings. The SMILES string of the molecule is N#Cc1nccnc1N1CCC(CNC(=O)C(=O)Nc2ccccc2C(F)(F)F)CC1. The summed E-state index contributed by atoms with van der Waals surface area (Å²) in [6.07, 6.45) is -0.329. The summed E-state index contributed by atoms with van der Waals surface area (Å²) in [5, 5.41) is 13.6. The first-order valence-electron chi connectivity index (χ1n) is 9.51. The number of carbonyl (C=O) groups excluding carboxylic acids is 2. The molecule has 1 aromatic heterocycles. The smallest absolute Gasteiger partial charge is 0.354 e. The molecule has 11 heteroatoms. The Balaban J connectivity index is 1.50. The van der Waals surface area contributed by atoms with Crippen molar-refractivity contribution in [3.8, 4) is 6.07 Å². The fourth-order valence-electron chi connectivity index (χ4n) is 3.33. The van der Waals surface area contributed by atoms with E-state index < -0.39 is 29.2 Å². The quantitative estimate of drug-likeness (QED) is 0.718. The minimum Gasteiger partial charge on any atom is -0.354 e. The second-order valence-corrected chi connectivity index (χ2v) is 6.98. The maximum absolute atomic E-state index is 13.0. The van der Waals surface area contributed by atoms with Crippen molar-refractivity contribution in [2.75, 3.05) is 29.9 Å². The van der Waals surface area contributed by atoms with Gasteiger partial charge in [-0.2, -0.15) is 18.4 Å². The number of carbonyl (C=O) groups is 2. The van der Waals surface area contributed by atoms with Gasteiger partial charge < -0.3 is 15.5 Å². The summed E-state index contributed by atoms with van der Waals surface area (Å²) in [7, 11) is 0. The minimum absolute atomic E-state index is 0.0812. The average molecular weight is 432 g/mol. The van der Waals surface area contributed by atoms with Crippen LogP contribution in [0.1, 0.15) is 24.1 Å². The van der Waals surface area contributed by atoms with Gasteiger partial charge in [0.05, 0.1) is 11.3 Å². The number of para-hydroxylation sites is 1. The molecule has 31 heavy (non-hydrogen) atoms. The fourth-order valence-corrected chi connectivity index (χ4v) is 3.33. The molecule has 0 saturated carbocycles. The van der Waals surface area contributed by atoms with Gasteiger partial charge in [0, 0.05) is 32.0 Å². The largest absolute Gasteiger partial charge is 0.418 e. The topological polar surface area (TPSA) is 111 Å². The zero-order valence-electron chi connectivity index (χ0n) is 16.3. The van der Waals surface area contributed by atoms with Crippen LogP contribution in [0.2, 0.25) is 0 Å². The number of hydrogen-bond acceptors (Lipinski definition) is 6. The molecule has 0 radical (unpaired) electrons. The summed E-state index contributed by atoms with van der Waals surface area (Å²) >= 11 is 0. The van der Waals surface area contributed by atoms with Gasteiger partial charge in [0.1, 0.15) is 6.07 Å². The lowest BCUT2D eigenvalue weighted by Crippen LogP contribution is -2.42. The number of rotatable bonds is 4. The van der Waals surface area contributed by atoms with Crippen LogP contribution in [0, 0.1) is 17.2 Å². The lowest BCUT2D eigenvalue weighted by Gasteiger charge is -2.32. The van der Waals surface area contributed by atoms with Crippen LogP contribution < -0.4 is 15.5 Å². The lowest BCUT2D eigenvalue weighted by molar-refractivity contribution is -0.138. The zero-order valence-corrected chi connectivity index (χ0v) is 16.3. The minimum atomic E-state index is -4.65. The number of hydrogen-bond donors (Lipinski definition) is 2. The van der Waals surface area contributed by atoms with E-state index in [1.807, 2.05) is 16.3 Å². The molecule has 3 rings (SSSR count). The van der Waals surface area contributed by atoms with Crippen molar-refractivity contribution in [1.82, 2.24) is 15.3 Å². The Morgan fingerprint density at radius 2 is 1.81 bits per heavy atom. The molecule has 162 valence electrons. The van der Waals surface area contributed by atoms with Gasteiger partial charge in [0.25, 0.3) is 0 Å². The normalized spacial score (nSPS) is 14.6. The first-order valence-corrected chi connectivity index (χ1v) is 9.51. The maximum Gasteiger partial charge on any atom is 0.418 e. The third-order valence-corrected chi connectivity index (χ3v) is 4.94. The summed E-state index contributed by atoms with van der Waals surface area (Å²) in [5.74, 6) is -1.57. The van der Waals surface area contributed by atoms with E-state index in [1.165, 1.54) is 24.5 Å². The average Bonchev–Trinajstić information content (AvgIpc) is 2.77. The monoisotopic (exact) mass is 432 g/mol. The van der Waals surface area contributed by atoms with Crippen molar-refractivity contribution in [3.05, 3.63) is 47.9 Å². The van der Waals surface area contributed by atoms with Crippen LogP contribution in [-0.4, -0.2) is 41.4 Å². The molecule has 0 aliphatic carbocycles. The number of anilines is 2. The van der Waals surface area contributed by atoms with Gasteiger partial charge in [-0.05, 0) is 30.9 Å². The van der Waals surface area contributed by atoms with Crippen LogP contribution in [0.3, 0.4) is 0 Å². The van der Waals surface area contributed by atoms with Crippen molar-refractivity contribution in [3.63, 3.8) is 0 Å². The van der Waals surface area contributed by atoms with E-state index in [0.29, 0.717) is 31.7 Å². The standard InChI is InChI=1S/C20H19F3N6O2/c21-20(22,23)14-3-1-2-4-15(14)28-19(31)18(30)27-12-13-5-9-29(10-6-13)17-16(11-24)25-7-8-26-17/h1-4,7-8,13H,5-6,9-10,12H2,(H,27,30)(H,28,31). The summed E-state index contributed by atoms with van der Waals surface area (Å²) in [4.78, 5) is 34.2. The highest BCUT2D eigenvalue weighted by Crippen LogP contribution is 2.34. The second kappa shape index (κ2) is 9.42. The van der Waals surface area contributed by atoms with Crippen LogP contribution in [0.15, 0.2) is 36.7 Å². The highest BCUT2D eigenvalue weighted by Gasteiger charge is 2.34. The first kappa shape index (κ1) is 22.0. The molecule has 2 N–H and O–H groups in total. The number of benzene rings is 1. The lowest BCUT2D eigenvalue weighted by atomic mass is 9.96. The molecule has 0 bridgehead atoms. The molecule has 2 aromatic rings. The van der Waals surface area contributed by atoms with Crippen molar-refractivity contribution in [2.24, 2.45) is 5.92 Å². The molecule has 0 unspecified atom stereocenters. The summed E-state index contributed by atoms with van der Waals surface area (Å²) in [6, 6.07) is 6.46. The van der Waals surface area contributed by atoms with E-state index >= 15 is 0 Å². The van der Waals surface area contributed by atoms with E-state index in [0.717, 1.165) is 12.1 Å². The van der Waals surface area contributed by atoms with Gasteiger partial charge in [-0.15, -0.1) is 0 Å². The van der Waals surface area contributed by atoms with Gasteiger partial charge in [-0.3, -0.25) is 9.59 Å². The first-order chi connectivity index (χ1) is 14.8. The highest BCUT2D eigenvalue weighted by atomic mass is 19.4. The number of nitrogens with one attached hydrogen (secondary N) is 2. The van der Waals surface area contributed by atoms with Crippen LogP contribution in [-0.2, 0) is 15.8 Å². The van der Waals surface area contributed by atoms with Crippen LogP contribution >= 0.6 is 0 Å².